The van der Waals surface area contributed by atoms with Gasteiger partial charge >= 0.3 is 0 Å². The van der Waals surface area contributed by atoms with Crippen LogP contribution in [0.3, 0.4) is 0 Å². The van der Waals surface area contributed by atoms with Crippen molar-refractivity contribution in [3.63, 3.8) is 0 Å². The highest BCUT2D eigenvalue weighted by Crippen LogP contribution is 2.04. The number of rotatable bonds is 5. The molecule has 5 heteroatoms. The maximum atomic E-state index is 11.6. The third-order valence-electron chi connectivity index (χ3n) is 2.19. The molecule has 0 aromatic rings. The van der Waals surface area contributed by atoms with Gasteiger partial charge in [-0.3, -0.25) is 4.79 Å². The van der Waals surface area contributed by atoms with Gasteiger partial charge in [0.05, 0.1) is 5.75 Å². The van der Waals surface area contributed by atoms with Gasteiger partial charge in [0.1, 0.15) is 0 Å². The standard InChI is InChI=1S/C9H19N3OS/c10-2-1-7-14-8-9(13)12-5-3-11-4-6-12/h11H,1-8,10H2. The van der Waals surface area contributed by atoms with Crippen molar-refractivity contribution in [2.45, 2.75) is 6.42 Å². The highest BCUT2D eigenvalue weighted by Gasteiger charge is 2.15. The van der Waals surface area contributed by atoms with Gasteiger partial charge in [-0.15, -0.1) is 0 Å². The zero-order valence-electron chi connectivity index (χ0n) is 8.50. The Balaban J connectivity index is 2.07. The van der Waals surface area contributed by atoms with Crippen LogP contribution in [0.5, 0.6) is 0 Å². The van der Waals surface area contributed by atoms with Crippen molar-refractivity contribution < 1.29 is 4.79 Å². The van der Waals surface area contributed by atoms with Crippen molar-refractivity contribution in [1.29, 1.82) is 0 Å². The average molecular weight is 217 g/mol. The molecule has 0 spiro atoms. The van der Waals surface area contributed by atoms with E-state index in [2.05, 4.69) is 5.32 Å². The minimum Gasteiger partial charge on any atom is -0.339 e. The fraction of sp³-hybridized carbons (Fsp3) is 0.889. The molecule has 82 valence electrons. The maximum absolute atomic E-state index is 11.6. The molecule has 0 unspecified atom stereocenters. The predicted octanol–water partition coefficient (Wildman–Crippen LogP) is -0.500. The van der Waals surface area contributed by atoms with Crippen LogP contribution in [-0.2, 0) is 4.79 Å². The van der Waals surface area contributed by atoms with Crippen LogP contribution in [0.2, 0.25) is 0 Å². The molecular formula is C9H19N3OS. The first kappa shape index (κ1) is 11.8. The summed E-state index contributed by atoms with van der Waals surface area (Å²) >= 11 is 1.69. The van der Waals surface area contributed by atoms with E-state index in [1.165, 1.54) is 0 Å². The Morgan fingerprint density at radius 1 is 1.43 bits per heavy atom. The van der Waals surface area contributed by atoms with Crippen LogP contribution in [0.15, 0.2) is 0 Å². The Labute approximate surface area is 89.6 Å². The van der Waals surface area contributed by atoms with Crippen LogP contribution in [0.4, 0.5) is 0 Å². The summed E-state index contributed by atoms with van der Waals surface area (Å²) < 4.78 is 0. The Kier molecular flexibility index (Phi) is 5.98. The summed E-state index contributed by atoms with van der Waals surface area (Å²) in [4.78, 5) is 13.5. The van der Waals surface area contributed by atoms with Crippen LogP contribution in [0, 0.1) is 0 Å². The molecule has 1 saturated heterocycles. The number of hydrogen-bond acceptors (Lipinski definition) is 4. The lowest BCUT2D eigenvalue weighted by Gasteiger charge is -2.27. The van der Waals surface area contributed by atoms with Crippen molar-refractivity contribution >= 4 is 17.7 Å². The van der Waals surface area contributed by atoms with E-state index in [1.807, 2.05) is 4.90 Å². The summed E-state index contributed by atoms with van der Waals surface area (Å²) in [5, 5.41) is 3.23. The van der Waals surface area contributed by atoms with Gasteiger partial charge in [-0.2, -0.15) is 11.8 Å². The number of thioether (sulfide) groups is 1. The molecule has 1 aliphatic rings. The third kappa shape index (κ3) is 4.30. The molecule has 14 heavy (non-hydrogen) atoms. The van der Waals surface area contributed by atoms with E-state index in [9.17, 15) is 4.79 Å². The van der Waals surface area contributed by atoms with Crippen molar-refractivity contribution in [1.82, 2.24) is 10.2 Å². The van der Waals surface area contributed by atoms with Crippen LogP contribution in [0.1, 0.15) is 6.42 Å². The number of carbonyl (C=O) groups excluding carboxylic acids is 1. The summed E-state index contributed by atoms with van der Waals surface area (Å²) in [6.45, 7) is 4.29. The van der Waals surface area contributed by atoms with Gasteiger partial charge in [0.2, 0.25) is 5.91 Å². The quantitative estimate of drug-likeness (QED) is 0.610. The van der Waals surface area contributed by atoms with E-state index in [-0.39, 0.29) is 5.91 Å². The largest absolute Gasteiger partial charge is 0.339 e. The number of carbonyl (C=O) groups is 1. The zero-order chi connectivity index (χ0) is 10.2. The second kappa shape index (κ2) is 7.09. The van der Waals surface area contributed by atoms with Gasteiger partial charge < -0.3 is 16.0 Å². The Morgan fingerprint density at radius 3 is 2.79 bits per heavy atom. The SMILES string of the molecule is NCCCSCC(=O)N1CCNCC1. The van der Waals surface area contributed by atoms with E-state index in [0.29, 0.717) is 5.75 Å². The van der Waals surface area contributed by atoms with Crippen LogP contribution in [0.25, 0.3) is 0 Å². The average Bonchev–Trinajstić information content (AvgIpc) is 2.25. The topological polar surface area (TPSA) is 58.4 Å². The summed E-state index contributed by atoms with van der Waals surface area (Å²) in [6, 6.07) is 0. The second-order valence-corrected chi connectivity index (χ2v) is 4.43. The van der Waals surface area contributed by atoms with Gasteiger partial charge in [0, 0.05) is 26.2 Å². The van der Waals surface area contributed by atoms with Crippen LogP contribution in [-0.4, -0.2) is 55.0 Å². The third-order valence-corrected chi connectivity index (χ3v) is 3.22. The number of hydrogen-bond donors (Lipinski definition) is 2. The molecule has 0 aliphatic carbocycles. The van der Waals surface area contributed by atoms with Crippen molar-refractivity contribution in [2.75, 3.05) is 44.2 Å². The molecule has 1 rings (SSSR count). The molecule has 1 amide bonds. The highest BCUT2D eigenvalue weighted by molar-refractivity contribution is 7.99. The second-order valence-electron chi connectivity index (χ2n) is 3.33. The predicted molar refractivity (Wildman–Crippen MR) is 60.4 cm³/mol. The molecule has 1 heterocycles. The molecule has 1 fully saturated rings. The van der Waals surface area contributed by atoms with Gasteiger partial charge in [-0.05, 0) is 18.7 Å². The molecular weight excluding hydrogens is 198 g/mol. The Bertz CT molecular complexity index is 171. The first-order chi connectivity index (χ1) is 6.84. The molecule has 3 N–H and O–H groups in total. The van der Waals surface area contributed by atoms with Gasteiger partial charge in [-0.25, -0.2) is 0 Å². The van der Waals surface area contributed by atoms with E-state index >= 15 is 0 Å². The fourth-order valence-electron chi connectivity index (χ4n) is 1.35. The molecule has 0 radical (unpaired) electrons. The fourth-order valence-corrected chi connectivity index (χ4v) is 2.22. The molecule has 0 bridgehead atoms. The number of amides is 1. The van der Waals surface area contributed by atoms with E-state index in [1.54, 1.807) is 11.8 Å². The maximum Gasteiger partial charge on any atom is 0.232 e. The lowest BCUT2D eigenvalue weighted by molar-refractivity contribution is -0.128. The summed E-state index contributed by atoms with van der Waals surface area (Å²) in [5.41, 5.74) is 5.37. The number of nitrogens with two attached hydrogens (primary N) is 1. The van der Waals surface area contributed by atoms with Gasteiger partial charge in [-0.1, -0.05) is 0 Å². The molecule has 0 aromatic carbocycles. The number of nitrogens with one attached hydrogen (secondary N) is 1. The highest BCUT2D eigenvalue weighted by atomic mass is 32.2. The van der Waals surface area contributed by atoms with Gasteiger partial charge in [0.25, 0.3) is 0 Å². The van der Waals surface area contributed by atoms with Gasteiger partial charge in [0.15, 0.2) is 0 Å². The molecule has 0 aromatic heterocycles. The smallest absolute Gasteiger partial charge is 0.232 e. The molecule has 1 aliphatic heterocycles. The van der Waals surface area contributed by atoms with E-state index < -0.39 is 0 Å². The summed E-state index contributed by atoms with van der Waals surface area (Å²) in [7, 11) is 0. The lowest BCUT2D eigenvalue weighted by atomic mass is 10.3. The Hall–Kier alpha value is -0.260. The lowest BCUT2D eigenvalue weighted by Crippen LogP contribution is -2.47. The molecule has 0 saturated carbocycles. The van der Waals surface area contributed by atoms with E-state index in [0.717, 1.165) is 44.9 Å². The normalized spacial score (nSPS) is 17.1. The van der Waals surface area contributed by atoms with E-state index in [4.69, 9.17) is 5.73 Å². The monoisotopic (exact) mass is 217 g/mol. The van der Waals surface area contributed by atoms with Crippen LogP contribution >= 0.6 is 11.8 Å². The minimum atomic E-state index is 0.272. The number of piperazine rings is 1. The first-order valence-corrected chi connectivity index (χ1v) is 6.26. The molecule has 4 nitrogen and oxygen atoms in total. The Morgan fingerprint density at radius 2 is 2.14 bits per heavy atom. The zero-order valence-corrected chi connectivity index (χ0v) is 9.31. The minimum absolute atomic E-state index is 0.272. The van der Waals surface area contributed by atoms with Crippen molar-refractivity contribution in [3.8, 4) is 0 Å². The molecule has 0 atom stereocenters. The van der Waals surface area contributed by atoms with Crippen molar-refractivity contribution in [2.24, 2.45) is 5.73 Å². The summed E-state index contributed by atoms with van der Waals surface area (Å²) in [6.07, 6.45) is 1.000. The first-order valence-electron chi connectivity index (χ1n) is 5.11. The summed E-state index contributed by atoms with van der Waals surface area (Å²) in [5.74, 6) is 1.88. The van der Waals surface area contributed by atoms with Crippen molar-refractivity contribution in [3.05, 3.63) is 0 Å². The van der Waals surface area contributed by atoms with Crippen LogP contribution < -0.4 is 11.1 Å². The number of nitrogens with zero attached hydrogens (tertiary/aromatic N) is 1.